The van der Waals surface area contributed by atoms with Crippen molar-refractivity contribution in [2.45, 2.75) is 72.3 Å². The van der Waals surface area contributed by atoms with E-state index in [4.69, 9.17) is 4.74 Å². The molecule has 1 nitrogen and oxygen atoms in total. The minimum absolute atomic E-state index is 0.122. The van der Waals surface area contributed by atoms with Crippen LogP contribution in [-0.2, 0) is 4.74 Å². The van der Waals surface area contributed by atoms with Crippen LogP contribution in [0.5, 0.6) is 0 Å². The summed E-state index contributed by atoms with van der Waals surface area (Å²) in [6.07, 6.45) is 6.27. The van der Waals surface area contributed by atoms with Crippen LogP contribution in [0.3, 0.4) is 0 Å². The third kappa shape index (κ3) is 5.21. The van der Waals surface area contributed by atoms with Crippen molar-refractivity contribution in [1.82, 2.24) is 0 Å². The molecule has 0 amide bonds. The van der Waals surface area contributed by atoms with E-state index in [1.54, 1.807) is 0 Å². The number of halogens is 1. The molecular formula is C16H31BrO. The molecule has 0 aromatic heterocycles. The molecule has 0 unspecified atom stereocenters. The Morgan fingerprint density at radius 3 is 2.17 bits per heavy atom. The minimum atomic E-state index is 0.122. The summed E-state index contributed by atoms with van der Waals surface area (Å²) < 4.78 is 6.28. The molecule has 0 N–H and O–H groups in total. The lowest BCUT2D eigenvalue weighted by atomic mass is 9.75. The highest BCUT2D eigenvalue weighted by atomic mass is 79.9. The maximum absolute atomic E-state index is 6.28. The summed E-state index contributed by atoms with van der Waals surface area (Å²) in [5.74, 6) is 1.73. The predicted octanol–water partition coefficient (Wildman–Crippen LogP) is 5.42. The second kappa shape index (κ2) is 6.74. The maximum Gasteiger partial charge on any atom is 0.0779 e. The lowest BCUT2D eigenvalue weighted by Crippen LogP contribution is -2.40. The van der Waals surface area contributed by atoms with Crippen molar-refractivity contribution < 1.29 is 4.74 Å². The quantitative estimate of drug-likeness (QED) is 0.615. The Bertz CT molecular complexity index is 234. The van der Waals surface area contributed by atoms with Crippen LogP contribution in [0.25, 0.3) is 0 Å². The molecule has 0 saturated heterocycles. The Morgan fingerprint density at radius 2 is 1.78 bits per heavy atom. The first-order chi connectivity index (χ1) is 8.28. The first-order valence-electron chi connectivity index (χ1n) is 7.48. The van der Waals surface area contributed by atoms with Gasteiger partial charge in [0.2, 0.25) is 0 Å². The van der Waals surface area contributed by atoms with Gasteiger partial charge in [-0.25, -0.2) is 0 Å². The van der Waals surface area contributed by atoms with Gasteiger partial charge >= 0.3 is 0 Å². The summed E-state index contributed by atoms with van der Waals surface area (Å²) in [5, 5.41) is 0.995. The minimum Gasteiger partial charge on any atom is -0.374 e. The van der Waals surface area contributed by atoms with Gasteiger partial charge in [-0.1, -0.05) is 50.5 Å². The van der Waals surface area contributed by atoms with Crippen LogP contribution in [0.15, 0.2) is 0 Å². The molecule has 1 rings (SSSR count). The van der Waals surface area contributed by atoms with E-state index in [1.165, 1.54) is 25.7 Å². The van der Waals surface area contributed by atoms with Crippen molar-refractivity contribution in [1.29, 1.82) is 0 Å². The topological polar surface area (TPSA) is 9.23 Å². The van der Waals surface area contributed by atoms with E-state index >= 15 is 0 Å². The molecule has 0 aromatic rings. The third-order valence-corrected chi connectivity index (χ3v) is 5.41. The molecule has 2 heteroatoms. The zero-order chi connectivity index (χ0) is 13.8. The van der Waals surface area contributed by atoms with Gasteiger partial charge in [0.25, 0.3) is 0 Å². The fraction of sp³-hybridized carbons (Fsp3) is 1.00. The molecule has 1 aliphatic carbocycles. The van der Waals surface area contributed by atoms with Crippen molar-refractivity contribution in [3.05, 3.63) is 0 Å². The van der Waals surface area contributed by atoms with E-state index in [1.807, 2.05) is 0 Å². The van der Waals surface area contributed by atoms with Crippen LogP contribution in [0.1, 0.15) is 66.7 Å². The monoisotopic (exact) mass is 318 g/mol. The molecule has 0 heterocycles. The fourth-order valence-electron chi connectivity index (χ4n) is 2.72. The number of ether oxygens (including phenoxy) is 1. The first-order valence-corrected chi connectivity index (χ1v) is 8.60. The number of alkyl halides is 1. The van der Waals surface area contributed by atoms with Crippen molar-refractivity contribution in [2.24, 2.45) is 17.3 Å². The van der Waals surface area contributed by atoms with Crippen LogP contribution >= 0.6 is 15.9 Å². The van der Waals surface area contributed by atoms with Crippen LogP contribution in [0.4, 0.5) is 0 Å². The Balaban J connectivity index is 2.41. The van der Waals surface area contributed by atoms with Gasteiger partial charge in [0.1, 0.15) is 0 Å². The van der Waals surface area contributed by atoms with Gasteiger partial charge in [-0.3, -0.25) is 0 Å². The smallest absolute Gasteiger partial charge is 0.0779 e. The van der Waals surface area contributed by atoms with E-state index in [-0.39, 0.29) is 5.60 Å². The Labute approximate surface area is 122 Å². The standard InChI is InChI=1S/C16H31BrO/c1-13(2)14-6-8-16(12-17,9-7-14)18-11-10-15(3,4)5/h13-14H,6-12H2,1-5H3. The van der Waals surface area contributed by atoms with Crippen LogP contribution < -0.4 is 0 Å². The number of rotatable bonds is 5. The summed E-state index contributed by atoms with van der Waals surface area (Å²) in [5.41, 5.74) is 0.499. The largest absolute Gasteiger partial charge is 0.374 e. The molecule has 0 radical (unpaired) electrons. The molecule has 0 spiro atoms. The van der Waals surface area contributed by atoms with Gasteiger partial charge in [-0.2, -0.15) is 0 Å². The van der Waals surface area contributed by atoms with Crippen molar-refractivity contribution in [3.63, 3.8) is 0 Å². The Kier molecular flexibility index (Phi) is 6.18. The van der Waals surface area contributed by atoms with E-state index in [0.29, 0.717) is 5.41 Å². The van der Waals surface area contributed by atoms with Gasteiger partial charge in [0.15, 0.2) is 0 Å². The summed E-state index contributed by atoms with van der Waals surface area (Å²) >= 11 is 3.68. The average Bonchev–Trinajstić information content (AvgIpc) is 2.28. The first kappa shape index (κ1) is 16.5. The second-order valence-electron chi connectivity index (χ2n) is 7.56. The van der Waals surface area contributed by atoms with Crippen LogP contribution in [-0.4, -0.2) is 17.5 Å². The maximum atomic E-state index is 6.28. The van der Waals surface area contributed by atoms with Gasteiger partial charge in [-0.05, 0) is 49.4 Å². The molecule has 108 valence electrons. The molecule has 0 atom stereocenters. The molecule has 0 aliphatic heterocycles. The SMILES string of the molecule is CC(C)C1CCC(CBr)(OCCC(C)(C)C)CC1. The van der Waals surface area contributed by atoms with E-state index in [0.717, 1.165) is 30.2 Å². The van der Waals surface area contributed by atoms with Crippen molar-refractivity contribution >= 4 is 15.9 Å². The van der Waals surface area contributed by atoms with E-state index in [9.17, 15) is 0 Å². The summed E-state index contributed by atoms with van der Waals surface area (Å²) in [6, 6.07) is 0. The molecule has 18 heavy (non-hydrogen) atoms. The fourth-order valence-corrected chi connectivity index (χ4v) is 3.45. The third-order valence-electron chi connectivity index (χ3n) is 4.39. The highest BCUT2D eigenvalue weighted by Crippen LogP contribution is 2.39. The average molecular weight is 319 g/mol. The molecule has 0 aromatic carbocycles. The highest BCUT2D eigenvalue weighted by Gasteiger charge is 2.36. The normalized spacial score (nSPS) is 29.8. The van der Waals surface area contributed by atoms with Gasteiger partial charge in [0.05, 0.1) is 5.60 Å². The van der Waals surface area contributed by atoms with Crippen molar-refractivity contribution in [2.75, 3.05) is 11.9 Å². The second-order valence-corrected chi connectivity index (χ2v) is 8.12. The Hall–Kier alpha value is 0.440. The number of hydrogen-bond donors (Lipinski definition) is 0. The molecule has 1 aliphatic rings. The summed E-state index contributed by atoms with van der Waals surface area (Å²) in [6.45, 7) is 12.5. The Morgan fingerprint density at radius 1 is 1.22 bits per heavy atom. The highest BCUT2D eigenvalue weighted by molar-refractivity contribution is 9.09. The molecular weight excluding hydrogens is 288 g/mol. The summed E-state index contributed by atoms with van der Waals surface area (Å²) in [7, 11) is 0. The number of hydrogen-bond acceptors (Lipinski definition) is 1. The van der Waals surface area contributed by atoms with Crippen molar-refractivity contribution in [3.8, 4) is 0 Å². The van der Waals surface area contributed by atoms with Gasteiger partial charge in [-0.15, -0.1) is 0 Å². The predicted molar refractivity (Wildman–Crippen MR) is 83.3 cm³/mol. The summed E-state index contributed by atoms with van der Waals surface area (Å²) in [4.78, 5) is 0. The van der Waals surface area contributed by atoms with E-state index < -0.39 is 0 Å². The zero-order valence-corrected chi connectivity index (χ0v) is 14.5. The lowest BCUT2D eigenvalue weighted by molar-refractivity contribution is -0.0701. The van der Waals surface area contributed by atoms with Crippen LogP contribution in [0, 0.1) is 17.3 Å². The lowest BCUT2D eigenvalue weighted by Gasteiger charge is -2.40. The molecule has 1 saturated carbocycles. The van der Waals surface area contributed by atoms with Crippen LogP contribution in [0.2, 0.25) is 0 Å². The zero-order valence-electron chi connectivity index (χ0n) is 12.9. The van der Waals surface area contributed by atoms with E-state index in [2.05, 4.69) is 50.5 Å². The molecule has 0 bridgehead atoms. The van der Waals surface area contributed by atoms with Gasteiger partial charge < -0.3 is 4.74 Å². The molecule has 1 fully saturated rings. The van der Waals surface area contributed by atoms with Gasteiger partial charge in [0, 0.05) is 11.9 Å².